The molecule has 2 aliphatic heterocycles. The molecule has 0 spiro atoms. The second-order valence-corrected chi connectivity index (χ2v) is 11.5. The minimum Gasteiger partial charge on any atom is -0.457 e. The number of hydrogen-bond donors (Lipinski definition) is 1. The maximum Gasteiger partial charge on any atom is 0.335 e. The van der Waals surface area contributed by atoms with E-state index in [1.54, 1.807) is 39.8 Å². The number of carbonyl (C=O) groups is 1. The van der Waals surface area contributed by atoms with E-state index >= 15 is 0 Å². The fourth-order valence-electron chi connectivity index (χ4n) is 6.11. The van der Waals surface area contributed by atoms with E-state index in [1.165, 1.54) is 10.9 Å². The third kappa shape index (κ3) is 5.37. The number of carbonyl (C=O) groups excluding carboxylic acids is 1. The van der Waals surface area contributed by atoms with Crippen molar-refractivity contribution >= 4 is 22.9 Å². The lowest BCUT2D eigenvalue weighted by molar-refractivity contribution is -0.125. The number of anilines is 1. The van der Waals surface area contributed by atoms with Gasteiger partial charge in [0.25, 0.3) is 5.91 Å². The zero-order valence-corrected chi connectivity index (χ0v) is 24.3. The molecule has 2 fully saturated rings. The maximum absolute atomic E-state index is 14.0. The van der Waals surface area contributed by atoms with Gasteiger partial charge in [0.1, 0.15) is 35.0 Å². The summed E-state index contributed by atoms with van der Waals surface area (Å²) in [5, 5.41) is 9.91. The molecule has 0 bridgehead atoms. The highest BCUT2D eigenvalue weighted by molar-refractivity contribution is 5.97. The van der Waals surface area contributed by atoms with E-state index in [-0.39, 0.29) is 35.6 Å². The minimum atomic E-state index is -0.406. The van der Waals surface area contributed by atoms with E-state index in [1.807, 2.05) is 44.2 Å². The highest BCUT2D eigenvalue weighted by atomic mass is 16.5. The SMILES string of the molecule is CC(C)(/C=C(/C#N)C(=O)N1CC[C@H](n2c(=O)n(-c3ccc(Oc4ccccc4)cc3)c3c(N)ncnc32)C1)N1CCCC1. The number of nitriles is 1. The van der Waals surface area contributed by atoms with E-state index in [9.17, 15) is 14.9 Å². The molecule has 0 aliphatic carbocycles. The van der Waals surface area contributed by atoms with Crippen molar-refractivity contribution in [2.45, 2.75) is 44.7 Å². The second-order valence-electron chi connectivity index (χ2n) is 11.5. The number of amides is 1. The molecule has 6 rings (SSSR count). The average Bonchev–Trinajstić information content (AvgIpc) is 3.77. The molecule has 1 amide bonds. The van der Waals surface area contributed by atoms with Gasteiger partial charge in [0, 0.05) is 18.6 Å². The summed E-state index contributed by atoms with van der Waals surface area (Å²) < 4.78 is 9.01. The number of likely N-dealkylation sites (tertiary alicyclic amines) is 2. The predicted octanol–water partition coefficient (Wildman–Crippen LogP) is 4.05. The molecule has 2 aromatic carbocycles. The Morgan fingerprint density at radius 2 is 1.74 bits per heavy atom. The number of nitrogen functional groups attached to an aromatic ring is 1. The van der Waals surface area contributed by atoms with Crippen LogP contribution in [0.25, 0.3) is 16.9 Å². The highest BCUT2D eigenvalue weighted by Gasteiger charge is 2.35. The summed E-state index contributed by atoms with van der Waals surface area (Å²) in [4.78, 5) is 40.0. The lowest BCUT2D eigenvalue weighted by Crippen LogP contribution is -2.41. The first-order valence-electron chi connectivity index (χ1n) is 14.5. The molecule has 11 heteroatoms. The van der Waals surface area contributed by atoms with Crippen LogP contribution in [0.4, 0.5) is 5.82 Å². The number of benzene rings is 2. The Morgan fingerprint density at radius 1 is 1.05 bits per heavy atom. The lowest BCUT2D eigenvalue weighted by atomic mass is 9.99. The predicted molar refractivity (Wildman–Crippen MR) is 163 cm³/mol. The van der Waals surface area contributed by atoms with Crippen LogP contribution in [0.15, 0.2) is 77.4 Å². The topological polar surface area (TPSA) is 135 Å². The van der Waals surface area contributed by atoms with Crippen molar-refractivity contribution in [3.8, 4) is 23.3 Å². The Labute approximate surface area is 249 Å². The first kappa shape index (κ1) is 28.2. The summed E-state index contributed by atoms with van der Waals surface area (Å²) in [5.41, 5.74) is 7.06. The molecule has 1 atom stereocenters. The van der Waals surface area contributed by atoms with E-state index in [4.69, 9.17) is 10.5 Å². The molecule has 11 nitrogen and oxygen atoms in total. The standard InChI is InChI=1S/C32H34N8O3/c1-32(2,38-15-6-7-16-38)18-22(19-33)30(41)37-17-14-24(20-37)40-29-27(28(34)35-21-36-29)39(31(40)42)23-10-12-26(13-11-23)43-25-8-4-3-5-9-25/h3-5,8-13,18,21,24H,6-7,14-17,20H2,1-2H3,(H2,34,35,36)/b22-18-/t24-/m0/s1. The molecule has 4 aromatic rings. The normalized spacial score (nSPS) is 17.8. The summed E-state index contributed by atoms with van der Waals surface area (Å²) in [7, 11) is 0. The third-order valence-electron chi connectivity index (χ3n) is 8.34. The summed E-state index contributed by atoms with van der Waals surface area (Å²) >= 11 is 0. The van der Waals surface area contributed by atoms with Gasteiger partial charge in [-0.05, 0) is 88.7 Å². The quantitative estimate of drug-likeness (QED) is 0.256. The van der Waals surface area contributed by atoms with Gasteiger partial charge in [-0.1, -0.05) is 18.2 Å². The molecule has 0 unspecified atom stereocenters. The maximum atomic E-state index is 14.0. The molecular formula is C32H34N8O3. The third-order valence-corrected chi connectivity index (χ3v) is 8.34. The van der Waals surface area contributed by atoms with E-state index in [0.29, 0.717) is 41.3 Å². The number of aromatic nitrogens is 4. The van der Waals surface area contributed by atoms with Crippen LogP contribution in [0.2, 0.25) is 0 Å². The minimum absolute atomic E-state index is 0.122. The number of nitrogens with zero attached hydrogens (tertiary/aromatic N) is 7. The number of rotatable bonds is 7. The molecule has 4 heterocycles. The van der Waals surface area contributed by atoms with Gasteiger partial charge in [-0.15, -0.1) is 0 Å². The molecular weight excluding hydrogens is 544 g/mol. The van der Waals surface area contributed by atoms with Gasteiger partial charge in [0.2, 0.25) is 0 Å². The van der Waals surface area contributed by atoms with Crippen molar-refractivity contribution in [2.75, 3.05) is 31.9 Å². The molecule has 220 valence electrons. The number of hydrogen-bond acceptors (Lipinski definition) is 8. The van der Waals surface area contributed by atoms with Gasteiger partial charge in [0.15, 0.2) is 11.5 Å². The lowest BCUT2D eigenvalue weighted by Gasteiger charge is -2.33. The van der Waals surface area contributed by atoms with Crippen molar-refractivity contribution in [2.24, 2.45) is 0 Å². The monoisotopic (exact) mass is 578 g/mol. The number of para-hydroxylation sites is 1. The van der Waals surface area contributed by atoms with Gasteiger partial charge >= 0.3 is 5.69 Å². The zero-order chi connectivity index (χ0) is 30.1. The Balaban J connectivity index is 1.29. The van der Waals surface area contributed by atoms with E-state index < -0.39 is 5.54 Å². The smallest absolute Gasteiger partial charge is 0.335 e. The summed E-state index contributed by atoms with van der Waals surface area (Å²) in [6, 6.07) is 18.4. The molecule has 0 radical (unpaired) electrons. The van der Waals surface area contributed by atoms with Crippen LogP contribution in [0.1, 0.15) is 39.2 Å². The largest absolute Gasteiger partial charge is 0.457 e. The van der Waals surface area contributed by atoms with Gasteiger partial charge < -0.3 is 15.4 Å². The van der Waals surface area contributed by atoms with Crippen LogP contribution in [-0.2, 0) is 4.79 Å². The van der Waals surface area contributed by atoms with Crippen LogP contribution >= 0.6 is 0 Å². The van der Waals surface area contributed by atoms with Gasteiger partial charge in [-0.25, -0.2) is 14.8 Å². The summed E-state index contributed by atoms with van der Waals surface area (Å²) in [6.45, 7) is 6.65. The van der Waals surface area contributed by atoms with Crippen molar-refractivity contribution in [3.63, 3.8) is 0 Å². The van der Waals surface area contributed by atoms with E-state index in [0.717, 1.165) is 25.9 Å². The first-order valence-corrected chi connectivity index (χ1v) is 14.5. The number of imidazole rings is 1. The first-order chi connectivity index (χ1) is 20.8. The van der Waals surface area contributed by atoms with Gasteiger partial charge in [-0.3, -0.25) is 18.8 Å². The number of nitrogens with two attached hydrogens (primary N) is 1. The Morgan fingerprint density at radius 3 is 2.44 bits per heavy atom. The fourth-order valence-corrected chi connectivity index (χ4v) is 6.11. The van der Waals surface area contributed by atoms with Crippen molar-refractivity contribution in [3.05, 3.63) is 83.1 Å². The summed E-state index contributed by atoms with van der Waals surface area (Å²) in [5.74, 6) is 1.18. The molecule has 0 saturated carbocycles. The zero-order valence-electron chi connectivity index (χ0n) is 24.3. The molecule has 43 heavy (non-hydrogen) atoms. The fraction of sp³-hybridized carbons (Fsp3) is 0.344. The Bertz CT molecular complexity index is 1780. The van der Waals surface area contributed by atoms with Crippen LogP contribution in [0.3, 0.4) is 0 Å². The second kappa shape index (κ2) is 11.4. The Kier molecular flexibility index (Phi) is 7.46. The van der Waals surface area contributed by atoms with Crippen LogP contribution < -0.4 is 16.2 Å². The van der Waals surface area contributed by atoms with E-state index in [2.05, 4.69) is 20.9 Å². The highest BCUT2D eigenvalue weighted by Crippen LogP contribution is 2.30. The van der Waals surface area contributed by atoms with Crippen molar-refractivity contribution < 1.29 is 9.53 Å². The number of ether oxygens (including phenoxy) is 1. The Hall–Kier alpha value is -4.95. The number of fused-ring (bicyclic) bond motifs is 1. The van der Waals surface area contributed by atoms with Crippen molar-refractivity contribution in [1.82, 2.24) is 28.9 Å². The molecule has 2 saturated heterocycles. The molecule has 2 aromatic heterocycles. The van der Waals surface area contributed by atoms with Crippen LogP contribution in [-0.4, -0.2) is 66.5 Å². The summed E-state index contributed by atoms with van der Waals surface area (Å²) in [6.07, 6.45) is 5.88. The molecule has 2 N–H and O–H groups in total. The molecule has 2 aliphatic rings. The van der Waals surface area contributed by atoms with Gasteiger partial charge in [0.05, 0.1) is 11.7 Å². The van der Waals surface area contributed by atoms with Crippen molar-refractivity contribution in [1.29, 1.82) is 5.26 Å². The van der Waals surface area contributed by atoms with Crippen LogP contribution in [0, 0.1) is 11.3 Å². The van der Waals surface area contributed by atoms with Crippen LogP contribution in [0.5, 0.6) is 11.5 Å². The average molecular weight is 579 g/mol. The van der Waals surface area contributed by atoms with Gasteiger partial charge in [-0.2, -0.15) is 5.26 Å².